The molecule has 0 amide bonds. The zero-order valence-electron chi connectivity index (χ0n) is 10.3. The van der Waals surface area contributed by atoms with E-state index in [1.54, 1.807) is 0 Å². The van der Waals surface area contributed by atoms with Crippen LogP contribution in [0.2, 0.25) is 10.0 Å². The van der Waals surface area contributed by atoms with Crippen molar-refractivity contribution in [2.75, 3.05) is 0 Å². The fourth-order valence-corrected chi connectivity index (χ4v) is 2.18. The third-order valence-corrected chi connectivity index (χ3v) is 3.35. The molecule has 21 heavy (non-hydrogen) atoms. The standard InChI is InChI=1S/C13H8Cl2N.ClHO4/c14-12-6-9-5-11-3-1-2-4-16(11)8-10(9)7-13(12)15;2-1(3,4)5/h1-8H;(H,2,3,4,5)/q+1;/p-1. The topological polar surface area (TPSA) is 96.3 Å². The van der Waals surface area contributed by atoms with Crippen molar-refractivity contribution >= 4 is 39.5 Å². The molecular formula is C13H8Cl3NO4. The van der Waals surface area contributed by atoms with E-state index in [-0.39, 0.29) is 0 Å². The highest BCUT2D eigenvalue weighted by Gasteiger charge is 2.07. The number of benzene rings is 1. The van der Waals surface area contributed by atoms with E-state index in [2.05, 4.69) is 16.5 Å². The number of fused-ring (bicyclic) bond motifs is 2. The summed E-state index contributed by atoms with van der Waals surface area (Å²) in [5.74, 6) is 0. The van der Waals surface area contributed by atoms with Gasteiger partial charge in [0.25, 0.3) is 0 Å². The van der Waals surface area contributed by atoms with Gasteiger partial charge in [-0.2, -0.15) is 4.40 Å². The van der Waals surface area contributed by atoms with Crippen molar-refractivity contribution in [2.24, 2.45) is 0 Å². The third-order valence-electron chi connectivity index (χ3n) is 2.63. The number of hydrogen-bond donors (Lipinski definition) is 0. The quantitative estimate of drug-likeness (QED) is 0.390. The third kappa shape index (κ3) is 4.66. The number of aromatic nitrogens is 1. The molecule has 0 aliphatic carbocycles. The molecule has 5 nitrogen and oxygen atoms in total. The summed E-state index contributed by atoms with van der Waals surface area (Å²) in [4.78, 5) is 0. The molecular weight excluding hydrogens is 341 g/mol. The van der Waals surface area contributed by atoms with Gasteiger partial charge in [-0.25, -0.2) is 18.6 Å². The zero-order chi connectivity index (χ0) is 15.6. The molecule has 0 fully saturated rings. The Morgan fingerprint density at radius 1 is 0.857 bits per heavy atom. The van der Waals surface area contributed by atoms with Crippen LogP contribution in [0, 0.1) is 10.2 Å². The van der Waals surface area contributed by atoms with Crippen LogP contribution >= 0.6 is 23.2 Å². The van der Waals surface area contributed by atoms with Crippen molar-refractivity contribution in [1.82, 2.24) is 0 Å². The van der Waals surface area contributed by atoms with Crippen molar-refractivity contribution in [3.8, 4) is 0 Å². The van der Waals surface area contributed by atoms with E-state index in [0.29, 0.717) is 10.0 Å². The predicted octanol–water partition coefficient (Wildman–Crippen LogP) is -0.871. The monoisotopic (exact) mass is 347 g/mol. The molecule has 3 rings (SSSR count). The lowest BCUT2D eigenvalue weighted by Gasteiger charge is -2.17. The molecule has 0 N–H and O–H groups in total. The Labute approximate surface area is 131 Å². The summed E-state index contributed by atoms with van der Waals surface area (Å²) in [6.07, 6.45) is 4.06. The van der Waals surface area contributed by atoms with E-state index >= 15 is 0 Å². The fraction of sp³-hybridized carbons (Fsp3) is 0. The lowest BCUT2D eigenvalue weighted by atomic mass is 10.1. The van der Waals surface area contributed by atoms with E-state index < -0.39 is 10.2 Å². The minimum Gasteiger partial charge on any atom is -0.222 e. The second-order valence-corrected chi connectivity index (χ2v) is 5.65. The molecule has 3 aromatic rings. The second-order valence-electron chi connectivity index (χ2n) is 4.08. The SMILES string of the molecule is Clc1cc2cc3cccc[n+]3cc2cc1Cl.[O-][Cl+3]([O-])([O-])[O-]. The minimum absolute atomic E-state index is 0.588. The van der Waals surface area contributed by atoms with E-state index in [0.717, 1.165) is 16.3 Å². The highest BCUT2D eigenvalue weighted by atomic mass is 35.7. The first-order chi connectivity index (χ1) is 9.74. The van der Waals surface area contributed by atoms with E-state index in [1.165, 1.54) is 0 Å². The Bertz CT molecular complexity index is 723. The smallest absolute Gasteiger partial charge is 0.211 e. The summed E-state index contributed by atoms with van der Waals surface area (Å²) in [6, 6.07) is 11.9. The average Bonchev–Trinajstić information content (AvgIpc) is 2.36. The van der Waals surface area contributed by atoms with Gasteiger partial charge in [0, 0.05) is 23.6 Å². The van der Waals surface area contributed by atoms with Gasteiger partial charge >= 0.3 is 0 Å². The highest BCUT2D eigenvalue weighted by Crippen LogP contribution is 2.27. The molecule has 0 unspecified atom stereocenters. The van der Waals surface area contributed by atoms with Gasteiger partial charge in [-0.15, -0.1) is 10.2 Å². The molecule has 0 aliphatic heterocycles. The van der Waals surface area contributed by atoms with Gasteiger partial charge in [0.2, 0.25) is 5.52 Å². The molecule has 0 bridgehead atoms. The van der Waals surface area contributed by atoms with Crippen molar-refractivity contribution < 1.29 is 33.3 Å². The van der Waals surface area contributed by atoms with Gasteiger partial charge in [0.05, 0.1) is 10.0 Å². The summed E-state index contributed by atoms with van der Waals surface area (Å²) >= 11 is 12.0. The maximum absolute atomic E-state index is 8.49. The molecule has 1 aromatic carbocycles. The van der Waals surface area contributed by atoms with E-state index in [4.69, 9.17) is 41.8 Å². The number of halogens is 3. The van der Waals surface area contributed by atoms with Crippen LogP contribution in [0.3, 0.4) is 0 Å². The lowest BCUT2D eigenvalue weighted by Crippen LogP contribution is -2.68. The first-order valence-electron chi connectivity index (χ1n) is 5.54. The van der Waals surface area contributed by atoms with Crippen LogP contribution in [0.4, 0.5) is 0 Å². The number of pyridine rings is 2. The molecule has 8 heteroatoms. The van der Waals surface area contributed by atoms with Gasteiger partial charge < -0.3 is 0 Å². The lowest BCUT2D eigenvalue weighted by molar-refractivity contribution is -2.00. The van der Waals surface area contributed by atoms with E-state index in [1.807, 2.05) is 36.7 Å². The zero-order valence-corrected chi connectivity index (χ0v) is 12.6. The van der Waals surface area contributed by atoms with Gasteiger partial charge in [-0.1, -0.05) is 23.2 Å². The summed E-state index contributed by atoms with van der Waals surface area (Å²) in [6.45, 7) is 0. The van der Waals surface area contributed by atoms with Crippen LogP contribution < -0.4 is 23.0 Å². The van der Waals surface area contributed by atoms with Crippen LogP contribution in [0.25, 0.3) is 16.3 Å². The first-order valence-corrected chi connectivity index (χ1v) is 7.53. The maximum Gasteiger partial charge on any atom is 0.211 e. The molecule has 0 atom stereocenters. The molecule has 110 valence electrons. The van der Waals surface area contributed by atoms with E-state index in [9.17, 15) is 0 Å². The molecule has 0 saturated carbocycles. The molecule has 0 spiro atoms. The Kier molecular flexibility index (Phi) is 4.85. The fourth-order valence-electron chi connectivity index (χ4n) is 1.83. The maximum atomic E-state index is 8.49. The summed E-state index contributed by atoms with van der Waals surface area (Å²) in [5.41, 5.74) is 1.13. The average molecular weight is 349 g/mol. The Hall–Kier alpha value is -1.18. The van der Waals surface area contributed by atoms with Gasteiger partial charge in [-0.05, 0) is 23.6 Å². The number of nitrogens with zero attached hydrogens (tertiary/aromatic N) is 1. The summed E-state index contributed by atoms with van der Waals surface area (Å²) in [7, 11) is -4.94. The Morgan fingerprint density at radius 2 is 1.43 bits per heavy atom. The highest BCUT2D eigenvalue weighted by molar-refractivity contribution is 6.42. The van der Waals surface area contributed by atoms with Gasteiger partial charge in [0.1, 0.15) is 0 Å². The Morgan fingerprint density at radius 3 is 2.05 bits per heavy atom. The van der Waals surface area contributed by atoms with Crippen LogP contribution in [-0.2, 0) is 0 Å². The molecule has 0 aliphatic rings. The normalized spacial score (nSPS) is 11.3. The molecule has 2 aromatic heterocycles. The Balaban J connectivity index is 0.000000282. The molecule has 0 radical (unpaired) electrons. The van der Waals surface area contributed by atoms with Crippen LogP contribution in [0.1, 0.15) is 0 Å². The first kappa shape index (κ1) is 16.2. The van der Waals surface area contributed by atoms with Gasteiger partial charge in [-0.3, -0.25) is 0 Å². The van der Waals surface area contributed by atoms with Crippen molar-refractivity contribution in [2.45, 2.75) is 0 Å². The predicted molar refractivity (Wildman–Crippen MR) is 67.1 cm³/mol. The van der Waals surface area contributed by atoms with Crippen LogP contribution in [0.15, 0.2) is 48.8 Å². The van der Waals surface area contributed by atoms with Crippen LogP contribution in [0.5, 0.6) is 0 Å². The van der Waals surface area contributed by atoms with Crippen molar-refractivity contribution in [1.29, 1.82) is 0 Å². The minimum atomic E-state index is -4.94. The number of rotatable bonds is 0. The summed E-state index contributed by atoms with van der Waals surface area (Å²) < 4.78 is 36.0. The second kappa shape index (κ2) is 6.29. The summed E-state index contributed by atoms with van der Waals surface area (Å²) in [5, 5.41) is 3.36. The van der Waals surface area contributed by atoms with Crippen molar-refractivity contribution in [3.05, 3.63) is 58.8 Å². The molecule has 0 saturated heterocycles. The molecule has 2 heterocycles. The van der Waals surface area contributed by atoms with Crippen LogP contribution in [-0.4, -0.2) is 0 Å². The van der Waals surface area contributed by atoms with Crippen molar-refractivity contribution in [3.63, 3.8) is 0 Å². The van der Waals surface area contributed by atoms with Gasteiger partial charge in [0.15, 0.2) is 12.4 Å². The largest absolute Gasteiger partial charge is 0.222 e. The number of hydrogen-bond acceptors (Lipinski definition) is 4.